The monoisotopic (exact) mass is 366 g/mol. The van der Waals surface area contributed by atoms with Gasteiger partial charge in [0.2, 0.25) is 0 Å². The van der Waals surface area contributed by atoms with Crippen molar-refractivity contribution >= 4 is 22.7 Å². The molecule has 0 atom stereocenters. The van der Waals surface area contributed by atoms with E-state index in [1.165, 1.54) is 19.1 Å². The smallest absolute Gasteiger partial charge is 0.399 e. The summed E-state index contributed by atoms with van der Waals surface area (Å²) in [6.07, 6.45) is 0. The van der Waals surface area contributed by atoms with Gasteiger partial charge in [0.05, 0.1) is 11.2 Å². The molecule has 1 aromatic rings. The predicted molar refractivity (Wildman–Crippen MR) is 82.5 cm³/mol. The molecule has 10 heteroatoms. The second kappa shape index (κ2) is 5.64. The molecule has 0 spiro atoms. The number of halogens is 3. The first-order valence-electron chi connectivity index (χ1n) is 7.14. The minimum Gasteiger partial charge on any atom is -0.399 e. The minimum atomic E-state index is -5.79. The van der Waals surface area contributed by atoms with Crippen molar-refractivity contribution in [3.63, 3.8) is 0 Å². The summed E-state index contributed by atoms with van der Waals surface area (Å²) < 4.78 is 76.5. The van der Waals surface area contributed by atoms with Crippen LogP contribution in [0.2, 0.25) is 0 Å². The average molecular weight is 366 g/mol. The third kappa shape index (κ3) is 3.27. The number of hydrogen-bond acceptors (Lipinski definition) is 5. The first kappa shape index (κ1) is 19.1. The maximum Gasteiger partial charge on any atom is 0.534 e. The molecule has 0 aliphatic carbocycles. The molecule has 0 N–H and O–H groups in total. The van der Waals surface area contributed by atoms with Crippen molar-refractivity contribution in [2.45, 2.75) is 51.3 Å². The molecule has 24 heavy (non-hydrogen) atoms. The molecule has 134 valence electrons. The summed E-state index contributed by atoms with van der Waals surface area (Å²) in [6, 6.07) is 4.41. The van der Waals surface area contributed by atoms with Gasteiger partial charge in [-0.25, -0.2) is 0 Å². The van der Waals surface area contributed by atoms with Gasteiger partial charge >= 0.3 is 22.7 Å². The standard InChI is InChI=1S/C14H18BF3O5S/c1-9-7-6-8-10(11(9)21-24(19,20)14(16,17)18)15-22-12(2,3)13(4,5)23-15/h6-8H,1-5H3. The van der Waals surface area contributed by atoms with E-state index < -0.39 is 39.7 Å². The molecule has 0 radical (unpaired) electrons. The fraction of sp³-hybridized carbons (Fsp3) is 0.571. The van der Waals surface area contributed by atoms with Crippen molar-refractivity contribution in [1.29, 1.82) is 0 Å². The molecule has 1 aliphatic heterocycles. The molecule has 0 bridgehead atoms. The van der Waals surface area contributed by atoms with Crippen LogP contribution < -0.4 is 9.65 Å². The van der Waals surface area contributed by atoms with E-state index in [1.807, 2.05) is 0 Å². The van der Waals surface area contributed by atoms with E-state index in [9.17, 15) is 21.6 Å². The molecule has 1 fully saturated rings. The highest BCUT2D eigenvalue weighted by Crippen LogP contribution is 2.38. The molecular formula is C14H18BF3O5S. The molecule has 0 saturated carbocycles. The van der Waals surface area contributed by atoms with E-state index in [0.717, 1.165) is 0 Å². The van der Waals surface area contributed by atoms with Gasteiger partial charge in [-0.15, -0.1) is 0 Å². The normalized spacial score (nSPS) is 20.2. The molecular weight excluding hydrogens is 348 g/mol. The third-order valence-corrected chi connectivity index (χ3v) is 5.18. The zero-order chi connectivity index (χ0) is 18.6. The van der Waals surface area contributed by atoms with Crippen LogP contribution in [-0.4, -0.2) is 32.2 Å². The Morgan fingerprint density at radius 3 is 2.04 bits per heavy atom. The van der Waals surface area contributed by atoms with E-state index in [-0.39, 0.29) is 11.0 Å². The predicted octanol–water partition coefficient (Wildman–Crippen LogP) is 2.52. The third-order valence-electron chi connectivity index (χ3n) is 4.23. The summed E-state index contributed by atoms with van der Waals surface area (Å²) in [4.78, 5) is 0. The van der Waals surface area contributed by atoms with Crippen molar-refractivity contribution < 1.29 is 35.1 Å². The molecule has 1 saturated heterocycles. The number of para-hydroxylation sites is 1. The molecule has 5 nitrogen and oxygen atoms in total. The van der Waals surface area contributed by atoms with E-state index in [0.29, 0.717) is 0 Å². The van der Waals surface area contributed by atoms with E-state index in [4.69, 9.17) is 9.31 Å². The number of hydrogen-bond donors (Lipinski definition) is 0. The van der Waals surface area contributed by atoms with Gasteiger partial charge in [-0.05, 0) is 40.2 Å². The zero-order valence-corrected chi connectivity index (χ0v) is 14.7. The van der Waals surface area contributed by atoms with Gasteiger partial charge in [-0.1, -0.05) is 18.2 Å². The lowest BCUT2D eigenvalue weighted by Crippen LogP contribution is -2.41. The van der Waals surface area contributed by atoms with Gasteiger partial charge < -0.3 is 13.5 Å². The van der Waals surface area contributed by atoms with Crippen LogP contribution >= 0.6 is 0 Å². The highest BCUT2D eigenvalue weighted by Gasteiger charge is 2.54. The topological polar surface area (TPSA) is 61.8 Å². The van der Waals surface area contributed by atoms with Gasteiger partial charge in [0.15, 0.2) is 0 Å². The van der Waals surface area contributed by atoms with E-state index >= 15 is 0 Å². The van der Waals surface area contributed by atoms with Crippen LogP contribution in [0.25, 0.3) is 0 Å². The Hall–Kier alpha value is -1.26. The van der Waals surface area contributed by atoms with Crippen molar-refractivity contribution in [3.05, 3.63) is 23.8 Å². The quantitative estimate of drug-likeness (QED) is 0.467. The number of aryl methyl sites for hydroxylation is 1. The second-order valence-electron chi connectivity index (χ2n) is 6.56. The molecule has 0 unspecified atom stereocenters. The van der Waals surface area contributed by atoms with Gasteiger partial charge in [-0.3, -0.25) is 0 Å². The van der Waals surface area contributed by atoms with Crippen molar-refractivity contribution in [2.75, 3.05) is 0 Å². The lowest BCUT2D eigenvalue weighted by molar-refractivity contribution is -0.0500. The summed E-state index contributed by atoms with van der Waals surface area (Å²) >= 11 is 0. The van der Waals surface area contributed by atoms with Crippen LogP contribution in [0.3, 0.4) is 0 Å². The fourth-order valence-corrected chi connectivity index (χ4v) is 2.64. The second-order valence-corrected chi connectivity index (χ2v) is 8.10. The fourth-order valence-electron chi connectivity index (χ4n) is 2.10. The Balaban J connectivity index is 2.47. The number of alkyl halides is 3. The first-order valence-corrected chi connectivity index (χ1v) is 8.55. The highest BCUT2D eigenvalue weighted by atomic mass is 32.2. The molecule has 1 aromatic carbocycles. The number of benzene rings is 1. The lowest BCUT2D eigenvalue weighted by Gasteiger charge is -2.32. The number of rotatable bonds is 3. The average Bonchev–Trinajstić information content (AvgIpc) is 2.59. The Morgan fingerprint density at radius 2 is 1.58 bits per heavy atom. The van der Waals surface area contributed by atoms with Crippen molar-refractivity contribution in [3.8, 4) is 5.75 Å². The Kier molecular flexibility index (Phi) is 4.48. The first-order chi connectivity index (χ1) is 10.7. The maximum absolute atomic E-state index is 12.6. The molecule has 1 heterocycles. The van der Waals surface area contributed by atoms with Crippen LogP contribution in [0.1, 0.15) is 33.3 Å². The summed E-state index contributed by atoms with van der Waals surface area (Å²) in [6.45, 7) is 8.53. The Morgan fingerprint density at radius 1 is 1.08 bits per heavy atom. The lowest BCUT2D eigenvalue weighted by atomic mass is 9.77. The molecule has 1 aliphatic rings. The van der Waals surface area contributed by atoms with Crippen LogP contribution in [0, 0.1) is 6.92 Å². The van der Waals surface area contributed by atoms with Crippen molar-refractivity contribution in [1.82, 2.24) is 0 Å². The Labute approximate surface area is 139 Å². The van der Waals surface area contributed by atoms with Crippen LogP contribution in [0.15, 0.2) is 18.2 Å². The Bertz CT molecular complexity index is 727. The molecule has 2 rings (SSSR count). The largest absolute Gasteiger partial charge is 0.534 e. The van der Waals surface area contributed by atoms with Gasteiger partial charge in [0, 0.05) is 5.46 Å². The van der Waals surface area contributed by atoms with E-state index in [1.54, 1.807) is 33.8 Å². The van der Waals surface area contributed by atoms with Crippen LogP contribution in [0.5, 0.6) is 5.75 Å². The SMILES string of the molecule is Cc1cccc(B2OC(C)(C)C(C)(C)O2)c1OS(=O)(=O)C(F)(F)F. The summed E-state index contributed by atoms with van der Waals surface area (Å²) in [5, 5.41) is 0. The van der Waals surface area contributed by atoms with Crippen LogP contribution in [-0.2, 0) is 19.4 Å². The minimum absolute atomic E-state index is 0.0847. The summed E-state index contributed by atoms with van der Waals surface area (Å²) in [5.74, 6) is -0.437. The maximum atomic E-state index is 12.6. The van der Waals surface area contributed by atoms with Gasteiger partial charge in [-0.2, -0.15) is 21.6 Å². The van der Waals surface area contributed by atoms with Gasteiger partial charge in [0.25, 0.3) is 0 Å². The van der Waals surface area contributed by atoms with Crippen molar-refractivity contribution in [2.24, 2.45) is 0 Å². The van der Waals surface area contributed by atoms with E-state index in [2.05, 4.69) is 4.18 Å². The zero-order valence-electron chi connectivity index (χ0n) is 13.9. The summed E-state index contributed by atoms with van der Waals surface area (Å²) in [7, 11) is -6.84. The van der Waals surface area contributed by atoms with Gasteiger partial charge in [0.1, 0.15) is 5.75 Å². The van der Waals surface area contributed by atoms with Crippen LogP contribution in [0.4, 0.5) is 13.2 Å². The highest BCUT2D eigenvalue weighted by molar-refractivity contribution is 7.88. The summed E-state index contributed by atoms with van der Waals surface area (Å²) in [5.41, 5.74) is -6.69. The molecule has 0 aromatic heterocycles. The molecule has 0 amide bonds.